The topological polar surface area (TPSA) is 102 Å². The van der Waals surface area contributed by atoms with Gasteiger partial charge in [-0.25, -0.2) is 0 Å². The molecule has 0 spiro atoms. The summed E-state index contributed by atoms with van der Waals surface area (Å²) in [6, 6.07) is -0.834. The van der Waals surface area contributed by atoms with Gasteiger partial charge in [0.1, 0.15) is 6.04 Å². The van der Waals surface area contributed by atoms with Gasteiger partial charge in [0, 0.05) is 0 Å². The van der Waals surface area contributed by atoms with Crippen molar-refractivity contribution in [2.45, 2.75) is 19.4 Å². The van der Waals surface area contributed by atoms with Gasteiger partial charge in [0.25, 0.3) is 0 Å². The molecule has 0 radical (unpaired) electrons. The van der Waals surface area contributed by atoms with Crippen molar-refractivity contribution in [3.8, 4) is 0 Å². The lowest BCUT2D eigenvalue weighted by Crippen LogP contribution is -2.29. The molecule has 0 amide bonds. The number of nitrogens with zero attached hydrogens (tertiary/aromatic N) is 1. The van der Waals surface area contributed by atoms with E-state index in [4.69, 9.17) is 16.6 Å². The summed E-state index contributed by atoms with van der Waals surface area (Å²) < 4.78 is 0. The van der Waals surface area contributed by atoms with Crippen LogP contribution in [0.3, 0.4) is 0 Å². The largest absolute Gasteiger partial charge is 0.480 e. The molecule has 0 rings (SSSR count). The number of aliphatic carboxylic acids is 1. The van der Waals surface area contributed by atoms with E-state index < -0.39 is 12.0 Å². The highest BCUT2D eigenvalue weighted by Crippen LogP contribution is 1.90. The Balaban J connectivity index is 3.64. The molecule has 0 saturated carbocycles. The van der Waals surface area contributed by atoms with Gasteiger partial charge in [-0.1, -0.05) is 12.2 Å². The van der Waals surface area contributed by atoms with Gasteiger partial charge < -0.3 is 16.6 Å². The molecule has 0 fully saturated rings. The lowest BCUT2D eigenvalue weighted by molar-refractivity contribution is -0.138. The molecule has 13 heavy (non-hydrogen) atoms. The number of nitrogens with two attached hydrogens (primary N) is 2. The molecule has 0 aromatic carbocycles. The van der Waals surface area contributed by atoms with Crippen LogP contribution in [0.2, 0.25) is 0 Å². The Hall–Kier alpha value is -1.36. The molecule has 5 nitrogen and oxygen atoms in total. The standard InChI is InChI=1S/C8H15N3O2/c1-6(9)11-5-3-2-4-7(10)8(12)13/h2-3,7H,4-5,10H2,1H3,(H2,9,11)(H,12,13). The van der Waals surface area contributed by atoms with Gasteiger partial charge in [0.05, 0.1) is 12.4 Å². The predicted octanol–water partition coefficient (Wildman–Crippen LogP) is -0.278. The first-order valence-electron chi connectivity index (χ1n) is 3.94. The average molecular weight is 185 g/mol. The van der Waals surface area contributed by atoms with E-state index in [1.807, 2.05) is 0 Å². The summed E-state index contributed by atoms with van der Waals surface area (Å²) in [4.78, 5) is 14.2. The van der Waals surface area contributed by atoms with Crippen LogP contribution in [0.1, 0.15) is 13.3 Å². The van der Waals surface area contributed by atoms with Crippen LogP contribution >= 0.6 is 0 Å². The van der Waals surface area contributed by atoms with Crippen LogP contribution in [0.25, 0.3) is 0 Å². The number of rotatable bonds is 5. The number of hydrogen-bond donors (Lipinski definition) is 3. The molecular weight excluding hydrogens is 170 g/mol. The summed E-state index contributed by atoms with van der Waals surface area (Å²) in [5.74, 6) is -0.490. The zero-order valence-electron chi connectivity index (χ0n) is 7.60. The molecule has 5 N–H and O–H groups in total. The maximum atomic E-state index is 10.3. The van der Waals surface area contributed by atoms with Crippen molar-refractivity contribution < 1.29 is 9.90 Å². The van der Waals surface area contributed by atoms with E-state index in [2.05, 4.69) is 4.99 Å². The SMILES string of the molecule is CC(N)=NCC=CCC(N)C(=O)O. The zero-order valence-corrected chi connectivity index (χ0v) is 7.60. The Morgan fingerprint density at radius 3 is 2.69 bits per heavy atom. The first-order chi connectivity index (χ1) is 6.04. The minimum Gasteiger partial charge on any atom is -0.480 e. The molecule has 74 valence electrons. The van der Waals surface area contributed by atoms with Crippen molar-refractivity contribution in [1.29, 1.82) is 0 Å². The molecule has 0 aliphatic heterocycles. The van der Waals surface area contributed by atoms with E-state index in [0.29, 0.717) is 18.8 Å². The van der Waals surface area contributed by atoms with Gasteiger partial charge >= 0.3 is 5.97 Å². The van der Waals surface area contributed by atoms with E-state index in [-0.39, 0.29) is 0 Å². The van der Waals surface area contributed by atoms with Crippen molar-refractivity contribution in [2.24, 2.45) is 16.5 Å². The van der Waals surface area contributed by atoms with Gasteiger partial charge in [0.2, 0.25) is 0 Å². The number of aliphatic imine (C=N–C) groups is 1. The van der Waals surface area contributed by atoms with Crippen LogP contribution in [-0.4, -0.2) is 29.5 Å². The minimum absolute atomic E-state index is 0.314. The zero-order chi connectivity index (χ0) is 10.3. The highest BCUT2D eigenvalue weighted by Gasteiger charge is 2.07. The molecule has 0 aromatic heterocycles. The predicted molar refractivity (Wildman–Crippen MR) is 51.5 cm³/mol. The van der Waals surface area contributed by atoms with Gasteiger partial charge in [-0.2, -0.15) is 0 Å². The van der Waals surface area contributed by atoms with Crippen LogP contribution < -0.4 is 11.5 Å². The van der Waals surface area contributed by atoms with E-state index >= 15 is 0 Å². The molecule has 0 saturated heterocycles. The van der Waals surface area contributed by atoms with Crippen molar-refractivity contribution in [1.82, 2.24) is 0 Å². The van der Waals surface area contributed by atoms with Gasteiger partial charge in [-0.3, -0.25) is 9.79 Å². The molecular formula is C8H15N3O2. The van der Waals surface area contributed by atoms with Crippen LogP contribution in [0.15, 0.2) is 17.1 Å². The maximum Gasteiger partial charge on any atom is 0.320 e. The smallest absolute Gasteiger partial charge is 0.320 e. The number of hydrogen-bond acceptors (Lipinski definition) is 3. The van der Waals surface area contributed by atoms with E-state index in [0.717, 1.165) is 0 Å². The number of carbonyl (C=O) groups is 1. The molecule has 0 aromatic rings. The molecule has 0 bridgehead atoms. The van der Waals surface area contributed by atoms with Crippen LogP contribution in [0, 0.1) is 0 Å². The van der Waals surface area contributed by atoms with E-state index in [1.165, 1.54) is 0 Å². The normalized spacial score (nSPS) is 14.8. The fourth-order valence-corrected chi connectivity index (χ4v) is 0.615. The van der Waals surface area contributed by atoms with Gasteiger partial charge in [-0.05, 0) is 13.3 Å². The third-order valence-electron chi connectivity index (χ3n) is 1.32. The lowest BCUT2D eigenvalue weighted by atomic mass is 10.2. The minimum atomic E-state index is -0.997. The first kappa shape index (κ1) is 11.6. The van der Waals surface area contributed by atoms with Crippen LogP contribution in [-0.2, 0) is 4.79 Å². The summed E-state index contributed by atoms with van der Waals surface area (Å²) in [6.07, 6.45) is 3.73. The Morgan fingerprint density at radius 1 is 1.62 bits per heavy atom. The lowest BCUT2D eigenvalue weighted by Gasteiger charge is -1.99. The summed E-state index contributed by atoms with van der Waals surface area (Å²) >= 11 is 0. The third-order valence-corrected chi connectivity index (χ3v) is 1.32. The maximum absolute atomic E-state index is 10.3. The second-order valence-corrected chi connectivity index (χ2v) is 2.63. The fraction of sp³-hybridized carbons (Fsp3) is 0.500. The molecule has 1 atom stereocenters. The van der Waals surface area contributed by atoms with Crippen LogP contribution in [0.4, 0.5) is 0 Å². The summed E-state index contributed by atoms with van der Waals surface area (Å²) in [5, 5.41) is 8.42. The second kappa shape index (κ2) is 6.19. The number of carboxylic acid groups (broad SMARTS) is 1. The number of carboxylic acids is 1. The fourth-order valence-electron chi connectivity index (χ4n) is 0.615. The quantitative estimate of drug-likeness (QED) is 0.311. The summed E-state index contributed by atoms with van der Waals surface area (Å²) in [5.41, 5.74) is 10.5. The highest BCUT2D eigenvalue weighted by molar-refractivity contribution is 5.77. The summed E-state index contributed by atoms with van der Waals surface area (Å²) in [6.45, 7) is 2.16. The third kappa shape index (κ3) is 7.02. The van der Waals surface area contributed by atoms with E-state index in [9.17, 15) is 4.79 Å². The Labute approximate surface area is 77.1 Å². The molecule has 0 aliphatic rings. The number of amidine groups is 1. The summed E-state index contributed by atoms with van der Waals surface area (Å²) in [7, 11) is 0. The molecule has 5 heteroatoms. The second-order valence-electron chi connectivity index (χ2n) is 2.63. The monoisotopic (exact) mass is 185 g/mol. The Kier molecular flexibility index (Phi) is 5.54. The molecule has 0 aliphatic carbocycles. The van der Waals surface area contributed by atoms with Crippen LogP contribution in [0.5, 0.6) is 0 Å². The first-order valence-corrected chi connectivity index (χ1v) is 3.94. The van der Waals surface area contributed by atoms with Gasteiger partial charge in [0.15, 0.2) is 0 Å². The highest BCUT2D eigenvalue weighted by atomic mass is 16.4. The van der Waals surface area contributed by atoms with Crippen molar-refractivity contribution in [2.75, 3.05) is 6.54 Å². The molecule has 0 heterocycles. The van der Waals surface area contributed by atoms with E-state index in [1.54, 1.807) is 19.1 Å². The Bertz CT molecular complexity index is 219. The molecule has 1 unspecified atom stereocenters. The van der Waals surface area contributed by atoms with Crippen molar-refractivity contribution >= 4 is 11.8 Å². The van der Waals surface area contributed by atoms with Gasteiger partial charge in [-0.15, -0.1) is 0 Å². The average Bonchev–Trinajstić information content (AvgIpc) is 2.02. The Morgan fingerprint density at radius 2 is 2.23 bits per heavy atom. The van der Waals surface area contributed by atoms with Crippen molar-refractivity contribution in [3.63, 3.8) is 0 Å². The van der Waals surface area contributed by atoms with Crippen molar-refractivity contribution in [3.05, 3.63) is 12.2 Å².